The van der Waals surface area contributed by atoms with Crippen molar-refractivity contribution < 1.29 is 19.4 Å². The topological polar surface area (TPSA) is 95.6 Å². The summed E-state index contributed by atoms with van der Waals surface area (Å²) in [6.45, 7) is 0. The highest BCUT2D eigenvalue weighted by atomic mass is 19.1. The van der Waals surface area contributed by atoms with Gasteiger partial charge in [-0.05, 0) is 30.3 Å². The number of hydrogen-bond acceptors (Lipinski definition) is 4. The summed E-state index contributed by atoms with van der Waals surface area (Å²) >= 11 is 0. The van der Waals surface area contributed by atoms with Crippen LogP contribution in [0.5, 0.6) is 11.5 Å². The molecule has 0 aliphatic heterocycles. The lowest BCUT2D eigenvalue weighted by Crippen LogP contribution is -2.12. The van der Waals surface area contributed by atoms with Crippen molar-refractivity contribution in [2.45, 2.75) is 0 Å². The number of anilines is 2. The second-order valence-corrected chi connectivity index (χ2v) is 3.93. The maximum Gasteiger partial charge on any atom is 0.259 e. The summed E-state index contributed by atoms with van der Waals surface area (Å²) in [6.07, 6.45) is 0. The average Bonchev–Trinajstić information content (AvgIpc) is 2.26. The molecule has 2 aromatic rings. The highest BCUT2D eigenvalue weighted by Gasteiger charge is 2.12. The van der Waals surface area contributed by atoms with Crippen molar-refractivity contribution >= 4 is 17.3 Å². The number of carbonyl (C=O) groups excluding carboxylic acids is 1. The molecule has 0 radical (unpaired) electrons. The molecule has 1 amide bonds. The number of nitrogens with two attached hydrogens (primary N) is 1. The summed E-state index contributed by atoms with van der Waals surface area (Å²) in [5.41, 5.74) is 5.76. The van der Waals surface area contributed by atoms with Crippen LogP contribution in [-0.2, 0) is 0 Å². The first-order valence-corrected chi connectivity index (χ1v) is 5.35. The molecule has 0 spiro atoms. The Morgan fingerprint density at radius 3 is 2.53 bits per heavy atom. The van der Waals surface area contributed by atoms with Gasteiger partial charge in [-0.25, -0.2) is 4.39 Å². The predicted octanol–water partition coefficient (Wildman–Crippen LogP) is 2.07. The molecular formula is C13H11FN2O3. The molecule has 5 nitrogen and oxygen atoms in total. The quantitative estimate of drug-likeness (QED) is 0.623. The molecule has 98 valence electrons. The van der Waals surface area contributed by atoms with Gasteiger partial charge in [-0.3, -0.25) is 4.79 Å². The van der Waals surface area contributed by atoms with Gasteiger partial charge >= 0.3 is 0 Å². The Kier molecular flexibility index (Phi) is 3.24. The summed E-state index contributed by atoms with van der Waals surface area (Å²) in [5, 5.41) is 21.1. The number of hydrogen-bond donors (Lipinski definition) is 4. The van der Waals surface area contributed by atoms with Gasteiger partial charge in [0, 0.05) is 17.4 Å². The maximum absolute atomic E-state index is 13.1. The zero-order valence-electron chi connectivity index (χ0n) is 9.72. The third kappa shape index (κ3) is 2.92. The lowest BCUT2D eigenvalue weighted by Gasteiger charge is -2.08. The van der Waals surface area contributed by atoms with Crippen LogP contribution >= 0.6 is 0 Å². The van der Waals surface area contributed by atoms with Gasteiger partial charge in [0.25, 0.3) is 5.91 Å². The van der Waals surface area contributed by atoms with Crippen molar-refractivity contribution in [2.24, 2.45) is 0 Å². The number of rotatable bonds is 2. The molecule has 6 heteroatoms. The highest BCUT2D eigenvalue weighted by molar-refractivity contribution is 6.06. The van der Waals surface area contributed by atoms with Crippen LogP contribution in [0.2, 0.25) is 0 Å². The van der Waals surface area contributed by atoms with Crippen molar-refractivity contribution in [1.82, 2.24) is 0 Å². The van der Waals surface area contributed by atoms with E-state index in [0.717, 1.165) is 18.2 Å². The van der Waals surface area contributed by atoms with Gasteiger partial charge < -0.3 is 21.3 Å². The maximum atomic E-state index is 13.1. The molecule has 0 unspecified atom stereocenters. The second kappa shape index (κ2) is 4.85. The fourth-order valence-corrected chi connectivity index (χ4v) is 1.59. The summed E-state index contributed by atoms with van der Waals surface area (Å²) in [4.78, 5) is 11.9. The highest BCUT2D eigenvalue weighted by Crippen LogP contribution is 2.24. The number of nitrogens with one attached hydrogen (secondary N) is 1. The predicted molar refractivity (Wildman–Crippen MR) is 68.5 cm³/mol. The Hall–Kier alpha value is -2.76. The molecular weight excluding hydrogens is 251 g/mol. The van der Waals surface area contributed by atoms with Crippen LogP contribution in [0.15, 0.2) is 36.4 Å². The van der Waals surface area contributed by atoms with Gasteiger partial charge in [0.05, 0.1) is 5.56 Å². The van der Waals surface area contributed by atoms with Crippen molar-refractivity contribution in [3.05, 3.63) is 47.8 Å². The van der Waals surface area contributed by atoms with Crippen molar-refractivity contribution in [3.8, 4) is 11.5 Å². The van der Waals surface area contributed by atoms with E-state index in [1.165, 1.54) is 18.2 Å². The third-order valence-electron chi connectivity index (χ3n) is 2.40. The number of nitrogen functional groups attached to an aromatic ring is 1. The Balaban J connectivity index is 2.25. The molecule has 0 heterocycles. The first-order valence-electron chi connectivity index (χ1n) is 5.35. The molecule has 5 N–H and O–H groups in total. The summed E-state index contributed by atoms with van der Waals surface area (Å²) in [5.74, 6) is -1.75. The summed E-state index contributed by atoms with van der Waals surface area (Å²) in [6, 6.07) is 7.16. The van der Waals surface area contributed by atoms with Crippen LogP contribution in [0.4, 0.5) is 15.8 Å². The van der Waals surface area contributed by atoms with Crippen LogP contribution in [0.25, 0.3) is 0 Å². The van der Waals surface area contributed by atoms with Crippen LogP contribution < -0.4 is 11.1 Å². The smallest absolute Gasteiger partial charge is 0.259 e. The molecule has 0 atom stereocenters. The van der Waals surface area contributed by atoms with E-state index in [-0.39, 0.29) is 28.4 Å². The second-order valence-electron chi connectivity index (χ2n) is 3.93. The van der Waals surface area contributed by atoms with E-state index in [0.29, 0.717) is 0 Å². The van der Waals surface area contributed by atoms with E-state index in [1.807, 2.05) is 0 Å². The number of aromatic hydroxyl groups is 2. The summed E-state index contributed by atoms with van der Waals surface area (Å²) in [7, 11) is 0. The average molecular weight is 262 g/mol. The van der Waals surface area contributed by atoms with E-state index >= 15 is 0 Å². The number of phenols is 2. The van der Waals surface area contributed by atoms with Gasteiger partial charge in [-0.1, -0.05) is 0 Å². The van der Waals surface area contributed by atoms with E-state index in [4.69, 9.17) is 10.8 Å². The van der Waals surface area contributed by atoms with Crippen molar-refractivity contribution in [2.75, 3.05) is 11.1 Å². The number of carbonyl (C=O) groups is 1. The minimum absolute atomic E-state index is 0.0411. The standard InChI is InChI=1S/C13H11FN2O3/c14-7-3-8(15)5-9(4-7)16-13(19)11-2-1-10(17)6-12(11)18/h1-6,17-18H,15H2,(H,16,19). The molecule has 19 heavy (non-hydrogen) atoms. The first-order chi connectivity index (χ1) is 8.95. The number of amides is 1. The zero-order chi connectivity index (χ0) is 14.0. The SMILES string of the molecule is Nc1cc(F)cc(NC(=O)c2ccc(O)cc2O)c1. The van der Waals surface area contributed by atoms with E-state index in [9.17, 15) is 14.3 Å². The first kappa shape index (κ1) is 12.7. The lowest BCUT2D eigenvalue weighted by molar-refractivity contribution is 0.102. The molecule has 2 rings (SSSR count). The molecule has 0 fully saturated rings. The van der Waals surface area contributed by atoms with Gasteiger partial charge in [0.2, 0.25) is 0 Å². The monoisotopic (exact) mass is 262 g/mol. The van der Waals surface area contributed by atoms with Gasteiger partial charge in [0.15, 0.2) is 0 Å². The molecule has 0 saturated heterocycles. The molecule has 0 aliphatic carbocycles. The number of halogens is 1. The van der Waals surface area contributed by atoms with Crippen LogP contribution in [0, 0.1) is 5.82 Å². The molecule has 0 aliphatic rings. The fourth-order valence-electron chi connectivity index (χ4n) is 1.59. The van der Waals surface area contributed by atoms with Gasteiger partial charge in [-0.2, -0.15) is 0 Å². The van der Waals surface area contributed by atoms with Gasteiger partial charge in [0.1, 0.15) is 17.3 Å². The van der Waals surface area contributed by atoms with Gasteiger partial charge in [-0.15, -0.1) is 0 Å². The molecule has 2 aromatic carbocycles. The minimum atomic E-state index is -0.637. The Morgan fingerprint density at radius 1 is 1.16 bits per heavy atom. The zero-order valence-corrected chi connectivity index (χ0v) is 9.72. The Morgan fingerprint density at radius 2 is 1.89 bits per heavy atom. The fraction of sp³-hybridized carbons (Fsp3) is 0. The van der Waals surface area contributed by atoms with Crippen molar-refractivity contribution in [1.29, 1.82) is 0 Å². The van der Waals surface area contributed by atoms with E-state index in [2.05, 4.69) is 5.32 Å². The number of phenolic OH excluding ortho intramolecular Hbond substituents is 2. The lowest BCUT2D eigenvalue weighted by atomic mass is 10.1. The van der Waals surface area contributed by atoms with Crippen LogP contribution in [-0.4, -0.2) is 16.1 Å². The van der Waals surface area contributed by atoms with Crippen LogP contribution in [0.1, 0.15) is 10.4 Å². The minimum Gasteiger partial charge on any atom is -0.508 e. The molecule has 0 bridgehead atoms. The molecule has 0 aromatic heterocycles. The Bertz CT molecular complexity index is 624. The normalized spacial score (nSPS) is 10.2. The van der Waals surface area contributed by atoms with Crippen LogP contribution in [0.3, 0.4) is 0 Å². The Labute approximate surface area is 108 Å². The summed E-state index contributed by atoms with van der Waals surface area (Å²) < 4.78 is 13.1. The van der Waals surface area contributed by atoms with E-state index < -0.39 is 11.7 Å². The number of benzene rings is 2. The van der Waals surface area contributed by atoms with Crippen molar-refractivity contribution in [3.63, 3.8) is 0 Å². The largest absolute Gasteiger partial charge is 0.508 e. The third-order valence-corrected chi connectivity index (χ3v) is 2.40. The molecule has 0 saturated carbocycles. The van der Waals surface area contributed by atoms with E-state index in [1.54, 1.807) is 0 Å².